The molecule has 26 heavy (non-hydrogen) atoms. The number of aromatic amines is 1. The highest BCUT2D eigenvalue weighted by molar-refractivity contribution is 6.00. The number of fused-ring (bicyclic) bond motifs is 2. The van der Waals surface area contributed by atoms with Crippen LogP contribution in [0.1, 0.15) is 12.1 Å². The van der Waals surface area contributed by atoms with E-state index in [-0.39, 0.29) is 24.3 Å². The van der Waals surface area contributed by atoms with Crippen molar-refractivity contribution in [1.29, 1.82) is 0 Å². The minimum atomic E-state index is -0.258. The molecule has 0 saturated heterocycles. The third-order valence-corrected chi connectivity index (χ3v) is 4.18. The van der Waals surface area contributed by atoms with Crippen LogP contribution in [0.5, 0.6) is 0 Å². The van der Waals surface area contributed by atoms with Crippen molar-refractivity contribution in [2.75, 3.05) is 5.32 Å². The van der Waals surface area contributed by atoms with Crippen LogP contribution in [-0.4, -0.2) is 20.9 Å². The molecule has 0 aliphatic heterocycles. The van der Waals surface area contributed by atoms with E-state index in [1.165, 1.54) is 0 Å². The number of aryl methyl sites for hydroxylation is 1. The molecule has 0 radical (unpaired) electrons. The Bertz CT molecular complexity index is 1160. The summed E-state index contributed by atoms with van der Waals surface area (Å²) in [6.07, 6.45) is 2.16. The van der Waals surface area contributed by atoms with Crippen LogP contribution < -0.4 is 10.9 Å². The molecule has 0 fully saturated rings. The average molecular weight is 344 g/mol. The first kappa shape index (κ1) is 16.0. The molecule has 2 aromatic carbocycles. The van der Waals surface area contributed by atoms with E-state index in [4.69, 9.17) is 0 Å². The van der Waals surface area contributed by atoms with Gasteiger partial charge in [0.05, 0.1) is 22.2 Å². The summed E-state index contributed by atoms with van der Waals surface area (Å²) in [5, 5.41) is 3.77. The maximum absolute atomic E-state index is 12.3. The van der Waals surface area contributed by atoms with E-state index < -0.39 is 0 Å². The van der Waals surface area contributed by atoms with Gasteiger partial charge in [0, 0.05) is 24.4 Å². The number of pyridine rings is 1. The number of nitrogens with zero attached hydrogens (tertiary/aromatic N) is 2. The van der Waals surface area contributed by atoms with Crippen LogP contribution in [0.15, 0.2) is 65.6 Å². The molecular weight excluding hydrogens is 328 g/mol. The first-order valence-corrected chi connectivity index (χ1v) is 8.32. The molecule has 0 unspecified atom stereocenters. The summed E-state index contributed by atoms with van der Waals surface area (Å²) in [5.74, 6) is -0.171. The minimum Gasteiger partial charge on any atom is -0.325 e. The molecule has 128 valence electrons. The Balaban J connectivity index is 1.50. The number of carbonyl (C=O) groups excluding carboxylic acids is 1. The van der Waals surface area contributed by atoms with E-state index in [9.17, 15) is 9.59 Å². The summed E-state index contributed by atoms with van der Waals surface area (Å²) >= 11 is 0. The van der Waals surface area contributed by atoms with Gasteiger partial charge in [-0.2, -0.15) is 0 Å². The SMILES string of the molecule is O=C(CCc1nc2ccccc2[nH]c1=O)Nc1cccc2ncccc12. The van der Waals surface area contributed by atoms with Crippen molar-refractivity contribution in [2.45, 2.75) is 12.8 Å². The van der Waals surface area contributed by atoms with Gasteiger partial charge in [-0.15, -0.1) is 0 Å². The Morgan fingerprint density at radius 3 is 2.77 bits per heavy atom. The molecule has 1 amide bonds. The zero-order chi connectivity index (χ0) is 17.9. The second-order valence-corrected chi connectivity index (χ2v) is 5.95. The number of aromatic nitrogens is 3. The first-order chi connectivity index (χ1) is 12.7. The summed E-state index contributed by atoms with van der Waals surface area (Å²) in [6, 6.07) is 16.6. The van der Waals surface area contributed by atoms with Gasteiger partial charge in [0.1, 0.15) is 5.69 Å². The Morgan fingerprint density at radius 1 is 1.00 bits per heavy atom. The fourth-order valence-corrected chi connectivity index (χ4v) is 2.89. The van der Waals surface area contributed by atoms with Gasteiger partial charge in [-0.3, -0.25) is 14.6 Å². The molecule has 2 aromatic heterocycles. The number of hydrogen-bond acceptors (Lipinski definition) is 4. The minimum absolute atomic E-state index is 0.171. The van der Waals surface area contributed by atoms with Crippen molar-refractivity contribution in [3.63, 3.8) is 0 Å². The third kappa shape index (κ3) is 3.17. The van der Waals surface area contributed by atoms with Gasteiger partial charge in [-0.25, -0.2) is 4.98 Å². The molecule has 2 heterocycles. The predicted molar refractivity (Wildman–Crippen MR) is 101 cm³/mol. The van der Waals surface area contributed by atoms with Crippen LogP contribution in [0, 0.1) is 0 Å². The summed E-state index contributed by atoms with van der Waals surface area (Å²) < 4.78 is 0. The largest absolute Gasteiger partial charge is 0.325 e. The number of hydrogen-bond donors (Lipinski definition) is 2. The zero-order valence-corrected chi connectivity index (χ0v) is 13.9. The van der Waals surface area contributed by atoms with Gasteiger partial charge < -0.3 is 10.3 Å². The van der Waals surface area contributed by atoms with Crippen molar-refractivity contribution in [3.05, 3.63) is 76.8 Å². The van der Waals surface area contributed by atoms with E-state index >= 15 is 0 Å². The van der Waals surface area contributed by atoms with Crippen molar-refractivity contribution in [3.8, 4) is 0 Å². The molecule has 0 aliphatic rings. The number of rotatable bonds is 4. The predicted octanol–water partition coefficient (Wildman–Crippen LogP) is 3.04. The lowest BCUT2D eigenvalue weighted by Crippen LogP contribution is -2.19. The second-order valence-electron chi connectivity index (χ2n) is 5.95. The van der Waals surface area contributed by atoms with Crippen LogP contribution in [0.4, 0.5) is 5.69 Å². The molecule has 0 spiro atoms. The molecule has 4 rings (SSSR count). The fraction of sp³-hybridized carbons (Fsp3) is 0.100. The molecule has 4 aromatic rings. The van der Waals surface area contributed by atoms with E-state index in [2.05, 4.69) is 20.3 Å². The number of para-hydroxylation sites is 2. The van der Waals surface area contributed by atoms with Gasteiger partial charge in [-0.05, 0) is 36.4 Å². The van der Waals surface area contributed by atoms with Crippen LogP contribution in [0.2, 0.25) is 0 Å². The average Bonchev–Trinajstić information content (AvgIpc) is 2.66. The number of H-pyrrole nitrogens is 1. The number of benzene rings is 2. The molecule has 6 heteroatoms. The number of amides is 1. The van der Waals surface area contributed by atoms with Gasteiger partial charge in [0.2, 0.25) is 5.91 Å². The first-order valence-electron chi connectivity index (χ1n) is 8.32. The molecule has 0 bridgehead atoms. The third-order valence-electron chi connectivity index (χ3n) is 4.18. The summed E-state index contributed by atoms with van der Waals surface area (Å²) in [7, 11) is 0. The van der Waals surface area contributed by atoms with Gasteiger partial charge in [-0.1, -0.05) is 18.2 Å². The van der Waals surface area contributed by atoms with Crippen LogP contribution in [0.3, 0.4) is 0 Å². The Labute approximate surface area is 148 Å². The Morgan fingerprint density at radius 2 is 1.85 bits per heavy atom. The lowest BCUT2D eigenvalue weighted by atomic mass is 10.1. The van der Waals surface area contributed by atoms with Crippen LogP contribution >= 0.6 is 0 Å². The van der Waals surface area contributed by atoms with Gasteiger partial charge >= 0.3 is 0 Å². The Hall–Kier alpha value is -3.54. The van der Waals surface area contributed by atoms with Crippen molar-refractivity contribution < 1.29 is 4.79 Å². The highest BCUT2D eigenvalue weighted by Crippen LogP contribution is 2.21. The van der Waals surface area contributed by atoms with E-state index in [0.717, 1.165) is 10.9 Å². The number of anilines is 1. The normalized spacial score (nSPS) is 10.9. The van der Waals surface area contributed by atoms with Crippen molar-refractivity contribution in [1.82, 2.24) is 15.0 Å². The molecule has 0 aliphatic carbocycles. The summed E-state index contributed by atoms with van der Waals surface area (Å²) in [4.78, 5) is 35.9. The molecule has 2 N–H and O–H groups in total. The molecule has 6 nitrogen and oxygen atoms in total. The lowest BCUT2D eigenvalue weighted by Gasteiger charge is -2.08. The molecular formula is C20H16N4O2. The van der Waals surface area contributed by atoms with Crippen molar-refractivity contribution >= 4 is 33.5 Å². The van der Waals surface area contributed by atoms with E-state index in [0.29, 0.717) is 22.4 Å². The summed E-state index contributed by atoms with van der Waals surface area (Å²) in [5.41, 5.74) is 3.03. The maximum atomic E-state index is 12.3. The highest BCUT2D eigenvalue weighted by atomic mass is 16.1. The second kappa shape index (κ2) is 6.76. The molecule has 0 saturated carbocycles. The molecule has 0 atom stereocenters. The number of carbonyl (C=O) groups is 1. The smallest absolute Gasteiger partial charge is 0.270 e. The van der Waals surface area contributed by atoms with E-state index in [1.807, 2.05) is 48.5 Å². The van der Waals surface area contributed by atoms with Gasteiger partial charge in [0.25, 0.3) is 5.56 Å². The fourth-order valence-electron chi connectivity index (χ4n) is 2.89. The van der Waals surface area contributed by atoms with E-state index in [1.54, 1.807) is 12.3 Å². The van der Waals surface area contributed by atoms with Crippen LogP contribution in [-0.2, 0) is 11.2 Å². The Kier molecular flexibility index (Phi) is 4.15. The highest BCUT2D eigenvalue weighted by Gasteiger charge is 2.10. The maximum Gasteiger partial charge on any atom is 0.270 e. The number of nitrogens with one attached hydrogen (secondary N) is 2. The zero-order valence-electron chi connectivity index (χ0n) is 13.9. The summed E-state index contributed by atoms with van der Waals surface area (Å²) in [6.45, 7) is 0. The lowest BCUT2D eigenvalue weighted by molar-refractivity contribution is -0.116. The quantitative estimate of drug-likeness (QED) is 0.596. The van der Waals surface area contributed by atoms with Crippen molar-refractivity contribution in [2.24, 2.45) is 0 Å². The van der Waals surface area contributed by atoms with Crippen LogP contribution in [0.25, 0.3) is 21.9 Å². The topological polar surface area (TPSA) is 87.7 Å². The van der Waals surface area contributed by atoms with Gasteiger partial charge in [0.15, 0.2) is 0 Å². The monoisotopic (exact) mass is 344 g/mol. The standard InChI is InChI=1S/C20H16N4O2/c25-19(23-15-9-3-8-14-13(15)5-4-12-21-14)11-10-18-20(26)24-17-7-2-1-6-16(17)22-18/h1-9,12H,10-11H2,(H,23,25)(H,24,26).